The maximum Gasteiger partial charge on any atom is 0.326 e. The smallest absolute Gasteiger partial charge is 0.326 e. The van der Waals surface area contributed by atoms with Gasteiger partial charge in [0.05, 0.1) is 6.04 Å². The van der Waals surface area contributed by atoms with Gasteiger partial charge >= 0.3 is 5.97 Å². The Kier molecular flexibility index (Phi) is 4.92. The summed E-state index contributed by atoms with van der Waals surface area (Å²) in [7, 11) is 0. The Morgan fingerprint density at radius 1 is 1.39 bits per heavy atom. The molecular weight excluding hydrogens is 294 g/mol. The lowest BCUT2D eigenvalue weighted by Crippen LogP contribution is -2.49. The summed E-state index contributed by atoms with van der Waals surface area (Å²) in [6, 6.07) is 5.84. The van der Waals surface area contributed by atoms with Crippen molar-refractivity contribution < 1.29 is 16.1 Å². The molecule has 2 aromatic rings. The lowest BCUT2D eigenvalue weighted by atomic mass is 10.0. The van der Waals surface area contributed by atoms with Crippen LogP contribution in [-0.4, -0.2) is 34.1 Å². The Hall–Kier alpha value is -2.34. The Morgan fingerprint density at radius 2 is 2.13 bits per heavy atom. The fraction of sp³-hybridized carbons (Fsp3) is 0.412. The van der Waals surface area contributed by atoms with Crippen molar-refractivity contribution in [3.63, 3.8) is 0 Å². The zero-order valence-electron chi connectivity index (χ0n) is 14.3. The van der Waals surface area contributed by atoms with Gasteiger partial charge in [0.2, 0.25) is 5.91 Å². The van der Waals surface area contributed by atoms with Crippen LogP contribution in [0.4, 0.5) is 0 Å². The Labute approximate surface area is 136 Å². The summed E-state index contributed by atoms with van der Waals surface area (Å²) in [5.41, 5.74) is 3.96. The first kappa shape index (κ1) is 15.6. The lowest BCUT2D eigenvalue weighted by molar-refractivity contribution is -0.142. The normalized spacial score (nSPS) is 14.5. The molecule has 1 amide bonds. The summed E-state index contributed by atoms with van der Waals surface area (Å²) in [6.07, 6.45) is 2.41. The van der Waals surface area contributed by atoms with Crippen LogP contribution in [0.1, 0.15) is 25.8 Å². The van der Waals surface area contributed by atoms with Crippen LogP contribution in [0, 0.1) is 5.92 Å². The van der Waals surface area contributed by atoms with Crippen molar-refractivity contribution in [1.82, 2.24) is 10.3 Å². The molecule has 0 fully saturated rings. The van der Waals surface area contributed by atoms with E-state index in [1.165, 1.54) is 0 Å². The van der Waals surface area contributed by atoms with Crippen LogP contribution >= 0.6 is 0 Å². The number of carboxylic acids is 1. The summed E-state index contributed by atoms with van der Waals surface area (Å²) < 4.78 is 7.28. The van der Waals surface area contributed by atoms with E-state index in [9.17, 15) is 14.7 Å². The molecule has 0 saturated carbocycles. The van der Waals surface area contributed by atoms with E-state index < -0.39 is 24.0 Å². The van der Waals surface area contributed by atoms with E-state index in [1.54, 1.807) is 6.20 Å². The number of aliphatic carboxylic acids is 1. The molecule has 0 spiro atoms. The van der Waals surface area contributed by atoms with Crippen LogP contribution in [-0.2, 0) is 16.0 Å². The maximum atomic E-state index is 12.3. The molecule has 5 N–H and O–H groups in total. The Morgan fingerprint density at radius 3 is 2.78 bits per heavy atom. The van der Waals surface area contributed by atoms with E-state index in [-0.39, 0.29) is 12.3 Å². The number of benzene rings is 1. The van der Waals surface area contributed by atoms with Crippen LogP contribution in [0.25, 0.3) is 10.9 Å². The summed E-state index contributed by atoms with van der Waals surface area (Å²) >= 11 is 0. The summed E-state index contributed by atoms with van der Waals surface area (Å²) in [6.45, 7) is 3.89. The predicted molar refractivity (Wildman–Crippen MR) is 89.0 cm³/mol. The molecule has 0 aliphatic heterocycles. The van der Waals surface area contributed by atoms with Gasteiger partial charge in [0, 0.05) is 23.5 Å². The minimum absolute atomic E-state index is 0.178. The van der Waals surface area contributed by atoms with E-state index in [4.69, 9.17) is 1.41 Å². The number of hydrogen-bond acceptors (Lipinski definition) is 3. The van der Waals surface area contributed by atoms with Crippen molar-refractivity contribution in [2.75, 3.05) is 0 Å². The van der Waals surface area contributed by atoms with Gasteiger partial charge in [-0.1, -0.05) is 32.0 Å². The molecule has 1 aromatic carbocycles. The minimum Gasteiger partial charge on any atom is -0.480 e. The number of amides is 1. The number of hydrogen-bond donors (Lipinski definition) is 4. The monoisotopic (exact) mass is 318 g/mol. The first-order valence-electron chi connectivity index (χ1n) is 8.17. The molecule has 2 rings (SSSR count). The zero-order valence-corrected chi connectivity index (χ0v) is 13.3. The van der Waals surface area contributed by atoms with Gasteiger partial charge in [-0.25, -0.2) is 4.79 Å². The molecule has 6 heteroatoms. The highest BCUT2D eigenvalue weighted by Gasteiger charge is 2.24. The number of H-pyrrole nitrogens is 1. The quantitative estimate of drug-likeness (QED) is 0.593. The number of nitrogens with one attached hydrogen (secondary N) is 2. The molecule has 0 radical (unpaired) electrons. The number of carbonyl (C=O) groups is 2. The van der Waals surface area contributed by atoms with Gasteiger partial charge in [0.15, 0.2) is 0 Å². The summed E-state index contributed by atoms with van der Waals surface area (Å²) in [5.74, 6) is -1.34. The topological polar surface area (TPSA) is 108 Å². The number of fused-ring (bicyclic) bond motifs is 1. The van der Waals surface area contributed by atoms with Crippen molar-refractivity contribution in [2.45, 2.75) is 38.8 Å². The second-order valence-electron chi connectivity index (χ2n) is 6.15. The molecule has 0 saturated heterocycles. The predicted octanol–water partition coefficient (Wildman–Crippen LogP) is 1.65. The minimum atomic E-state index is -1.10. The fourth-order valence-electron chi connectivity index (χ4n) is 2.57. The third-order valence-electron chi connectivity index (χ3n) is 3.74. The maximum absolute atomic E-state index is 12.3. The number of para-hydroxylation sites is 1. The van der Waals surface area contributed by atoms with E-state index in [1.807, 2.05) is 38.1 Å². The lowest BCUT2D eigenvalue weighted by Gasteiger charge is -2.18. The van der Waals surface area contributed by atoms with Crippen LogP contribution in [0.5, 0.6) is 0 Å². The number of rotatable bonds is 8. The molecule has 1 heterocycles. The average Bonchev–Trinajstić information content (AvgIpc) is 2.94. The highest BCUT2D eigenvalue weighted by Crippen LogP contribution is 2.19. The van der Waals surface area contributed by atoms with Crippen LogP contribution in [0.15, 0.2) is 30.5 Å². The Bertz CT molecular complexity index is 714. The Balaban J connectivity index is 2.12. The molecule has 1 aromatic heterocycles. The SMILES string of the molecule is [2H]N[C@@H](CC(C)C)C(=O)N[C@@H](Cc1c[nH]c2ccccc12)C(=O)O. The molecule has 0 unspecified atom stereocenters. The number of nitrogens with two attached hydrogens (primary N) is 1. The molecule has 124 valence electrons. The van der Waals surface area contributed by atoms with Crippen molar-refractivity contribution in [3.8, 4) is 0 Å². The first-order chi connectivity index (χ1) is 11.4. The standard InChI is InChI=1S/C17H23N3O3/c1-10(2)7-13(18)16(21)20-15(17(22)23)8-11-9-19-14-6-4-3-5-12(11)14/h3-6,9-10,13,15,19H,7-8,18H2,1-2H3,(H,20,21)(H,22,23)/t13-,15-/m0/s1/i/hD. The van der Waals surface area contributed by atoms with Crippen LogP contribution in [0.2, 0.25) is 1.41 Å². The summed E-state index contributed by atoms with van der Waals surface area (Å²) in [5, 5.41) is 12.9. The van der Waals surface area contributed by atoms with E-state index in [0.29, 0.717) is 6.42 Å². The van der Waals surface area contributed by atoms with E-state index >= 15 is 0 Å². The van der Waals surface area contributed by atoms with E-state index in [0.717, 1.165) is 16.5 Å². The van der Waals surface area contributed by atoms with Crippen LogP contribution < -0.4 is 11.0 Å². The third-order valence-corrected chi connectivity index (χ3v) is 3.74. The van der Waals surface area contributed by atoms with Gasteiger partial charge in [0.1, 0.15) is 7.45 Å². The van der Waals surface area contributed by atoms with Crippen molar-refractivity contribution in [3.05, 3.63) is 36.0 Å². The molecule has 23 heavy (non-hydrogen) atoms. The summed E-state index contributed by atoms with van der Waals surface area (Å²) in [4.78, 5) is 26.9. The fourth-order valence-corrected chi connectivity index (χ4v) is 2.57. The van der Waals surface area contributed by atoms with Crippen molar-refractivity contribution >= 4 is 22.8 Å². The van der Waals surface area contributed by atoms with E-state index in [2.05, 4.69) is 16.0 Å². The average molecular weight is 318 g/mol. The van der Waals surface area contributed by atoms with Gasteiger partial charge in [-0.15, -0.1) is 0 Å². The van der Waals surface area contributed by atoms with Gasteiger partial charge in [-0.05, 0) is 24.0 Å². The highest BCUT2D eigenvalue weighted by molar-refractivity contribution is 5.88. The molecular formula is C17H23N3O3. The van der Waals surface area contributed by atoms with Crippen molar-refractivity contribution in [1.29, 1.82) is 0 Å². The number of aromatic amines is 1. The number of carboxylic acid groups (broad SMARTS) is 1. The molecule has 0 bridgehead atoms. The molecule has 0 aliphatic rings. The number of carbonyl (C=O) groups excluding carboxylic acids is 1. The largest absolute Gasteiger partial charge is 0.480 e. The molecule has 0 aliphatic carbocycles. The molecule has 2 atom stereocenters. The van der Waals surface area contributed by atoms with Crippen LogP contribution in [0.3, 0.4) is 0 Å². The second kappa shape index (κ2) is 7.28. The highest BCUT2D eigenvalue weighted by atomic mass is 16.4. The van der Waals surface area contributed by atoms with Crippen molar-refractivity contribution in [2.24, 2.45) is 11.6 Å². The van der Waals surface area contributed by atoms with Gasteiger partial charge < -0.3 is 21.1 Å². The van der Waals surface area contributed by atoms with Gasteiger partial charge in [-0.3, -0.25) is 4.79 Å². The zero-order chi connectivity index (χ0) is 17.7. The third kappa shape index (κ3) is 4.32. The van der Waals surface area contributed by atoms with Gasteiger partial charge in [0.25, 0.3) is 0 Å². The number of aromatic nitrogens is 1. The first-order valence-corrected chi connectivity index (χ1v) is 7.67. The second-order valence-corrected chi connectivity index (χ2v) is 6.15. The molecule has 6 nitrogen and oxygen atoms in total. The van der Waals surface area contributed by atoms with Gasteiger partial charge in [-0.2, -0.15) is 0 Å².